The summed E-state index contributed by atoms with van der Waals surface area (Å²) in [6, 6.07) is 0. The van der Waals surface area contributed by atoms with Crippen molar-refractivity contribution in [3.63, 3.8) is 0 Å². The summed E-state index contributed by atoms with van der Waals surface area (Å²) in [5.41, 5.74) is 0. The summed E-state index contributed by atoms with van der Waals surface area (Å²) in [7, 11) is 0. The van der Waals surface area contributed by atoms with Crippen molar-refractivity contribution in [1.29, 1.82) is 0 Å². The molecule has 1 atom stereocenters. The minimum atomic E-state index is -0.979. The number of carboxylic acid groups (broad SMARTS) is 1. The molecule has 16 heavy (non-hydrogen) atoms. The number of hydrogen-bond acceptors (Lipinski definition) is 3. The van der Waals surface area contributed by atoms with Crippen LogP contribution >= 0.6 is 0 Å². The van der Waals surface area contributed by atoms with Gasteiger partial charge in [-0.05, 0) is 18.9 Å². The molecule has 0 spiro atoms. The molecule has 0 aliphatic carbocycles. The lowest BCUT2D eigenvalue weighted by molar-refractivity contribution is -0.150. The molecule has 0 heterocycles. The number of allylic oxidation sites excluding steroid dienone is 1. The molecule has 1 unspecified atom stereocenters. The molecule has 0 rings (SSSR count). The van der Waals surface area contributed by atoms with Crippen LogP contribution in [0.5, 0.6) is 0 Å². The van der Waals surface area contributed by atoms with Crippen molar-refractivity contribution in [2.24, 2.45) is 0 Å². The second kappa shape index (κ2) is 8.95. The summed E-state index contributed by atoms with van der Waals surface area (Å²) >= 11 is 0. The number of ether oxygens (including phenoxy) is 1. The first kappa shape index (κ1) is 14.7. The van der Waals surface area contributed by atoms with Gasteiger partial charge in [0.05, 0.1) is 12.8 Å². The van der Waals surface area contributed by atoms with Gasteiger partial charge in [0.25, 0.3) is 0 Å². The van der Waals surface area contributed by atoms with Crippen molar-refractivity contribution in [3.05, 3.63) is 12.2 Å². The summed E-state index contributed by atoms with van der Waals surface area (Å²) < 4.78 is 5.15. The Hall–Kier alpha value is -1.32. The molecule has 4 nitrogen and oxygen atoms in total. The highest BCUT2D eigenvalue weighted by molar-refractivity contribution is 5.76. The average Bonchev–Trinajstić information content (AvgIpc) is 2.23. The van der Waals surface area contributed by atoms with Crippen molar-refractivity contribution in [2.45, 2.75) is 52.1 Å². The van der Waals surface area contributed by atoms with Gasteiger partial charge in [-0.2, -0.15) is 0 Å². The molecule has 4 heteroatoms. The molecule has 92 valence electrons. The molecule has 0 aromatic heterocycles. The highest BCUT2D eigenvalue weighted by Crippen LogP contribution is 2.07. The van der Waals surface area contributed by atoms with Crippen LogP contribution in [-0.4, -0.2) is 23.1 Å². The quantitative estimate of drug-likeness (QED) is 0.512. The monoisotopic (exact) mass is 228 g/mol. The zero-order valence-electron chi connectivity index (χ0n) is 9.94. The molecule has 0 radical (unpaired) electrons. The van der Waals surface area contributed by atoms with E-state index in [9.17, 15) is 9.59 Å². The lowest BCUT2D eigenvalue weighted by Crippen LogP contribution is -2.16. The Morgan fingerprint density at radius 1 is 1.31 bits per heavy atom. The van der Waals surface area contributed by atoms with Gasteiger partial charge in [0.2, 0.25) is 0 Å². The highest BCUT2D eigenvalue weighted by Gasteiger charge is 2.11. The van der Waals surface area contributed by atoms with Crippen LogP contribution in [-0.2, 0) is 14.3 Å². The second-order valence-electron chi connectivity index (χ2n) is 3.55. The van der Waals surface area contributed by atoms with Gasteiger partial charge in [-0.25, -0.2) is 0 Å². The van der Waals surface area contributed by atoms with Gasteiger partial charge in [-0.3, -0.25) is 9.59 Å². The van der Waals surface area contributed by atoms with Gasteiger partial charge in [-0.15, -0.1) is 0 Å². The van der Waals surface area contributed by atoms with Crippen LogP contribution in [0.2, 0.25) is 0 Å². The maximum Gasteiger partial charge on any atom is 0.306 e. The van der Waals surface area contributed by atoms with Gasteiger partial charge in [0, 0.05) is 0 Å². The molecule has 1 N–H and O–H groups in total. The van der Waals surface area contributed by atoms with Crippen molar-refractivity contribution in [3.8, 4) is 0 Å². The van der Waals surface area contributed by atoms with E-state index in [1.165, 1.54) is 0 Å². The fourth-order valence-electron chi connectivity index (χ4n) is 1.20. The first-order valence-corrected chi connectivity index (χ1v) is 5.68. The number of hydrogen-bond donors (Lipinski definition) is 1. The smallest absolute Gasteiger partial charge is 0.306 e. The van der Waals surface area contributed by atoms with Crippen LogP contribution < -0.4 is 0 Å². The Morgan fingerprint density at radius 2 is 2.00 bits per heavy atom. The van der Waals surface area contributed by atoms with E-state index in [2.05, 4.69) is 0 Å². The third kappa shape index (κ3) is 8.03. The molecule has 0 amide bonds. The highest BCUT2D eigenvalue weighted by atomic mass is 16.5. The van der Waals surface area contributed by atoms with Crippen molar-refractivity contribution < 1.29 is 19.4 Å². The summed E-state index contributed by atoms with van der Waals surface area (Å²) in [4.78, 5) is 21.5. The predicted octanol–water partition coefficient (Wildman–Crippen LogP) is 2.53. The van der Waals surface area contributed by atoms with Crippen LogP contribution in [0.15, 0.2) is 12.2 Å². The molecular weight excluding hydrogens is 208 g/mol. The van der Waals surface area contributed by atoms with Gasteiger partial charge in [-0.1, -0.05) is 26.3 Å². The standard InChI is InChI=1S/C12H20O4/c1-3-5-7-10(6-4-2)16-12(15)9-8-11(13)14/h5,7,10H,3-4,6,8-9H2,1-2H3,(H,13,14). The van der Waals surface area contributed by atoms with Crippen LogP contribution in [0.1, 0.15) is 46.0 Å². The SMILES string of the molecule is CCC=CC(CCC)OC(=O)CCC(=O)O. The zero-order valence-corrected chi connectivity index (χ0v) is 9.94. The Bertz CT molecular complexity index is 245. The molecule has 0 aliphatic heterocycles. The van der Waals surface area contributed by atoms with Crippen LogP contribution in [0.4, 0.5) is 0 Å². The largest absolute Gasteiger partial charge is 0.481 e. The fraction of sp³-hybridized carbons (Fsp3) is 0.667. The van der Waals surface area contributed by atoms with E-state index in [1.54, 1.807) is 0 Å². The molecule has 0 aliphatic rings. The predicted molar refractivity (Wildman–Crippen MR) is 61.1 cm³/mol. The summed E-state index contributed by atoms with van der Waals surface area (Å²) in [5.74, 6) is -1.42. The van der Waals surface area contributed by atoms with Gasteiger partial charge >= 0.3 is 11.9 Å². The van der Waals surface area contributed by atoms with E-state index >= 15 is 0 Å². The van der Waals surface area contributed by atoms with E-state index in [4.69, 9.17) is 9.84 Å². The van der Waals surface area contributed by atoms with Crippen LogP contribution in [0, 0.1) is 0 Å². The second-order valence-corrected chi connectivity index (χ2v) is 3.55. The Kier molecular flexibility index (Phi) is 8.21. The molecule has 0 saturated heterocycles. The number of carbonyl (C=O) groups excluding carboxylic acids is 1. The lowest BCUT2D eigenvalue weighted by atomic mass is 10.2. The molecule has 0 saturated carbocycles. The third-order valence-electron chi connectivity index (χ3n) is 1.99. The maximum absolute atomic E-state index is 11.3. The lowest BCUT2D eigenvalue weighted by Gasteiger charge is -2.12. The van der Waals surface area contributed by atoms with Gasteiger partial charge in [0.1, 0.15) is 6.10 Å². The normalized spacial score (nSPS) is 12.6. The van der Waals surface area contributed by atoms with Gasteiger partial charge < -0.3 is 9.84 Å². The first-order chi connectivity index (χ1) is 7.60. The van der Waals surface area contributed by atoms with Crippen molar-refractivity contribution in [1.82, 2.24) is 0 Å². The summed E-state index contributed by atoms with van der Waals surface area (Å²) in [6.45, 7) is 4.02. The minimum absolute atomic E-state index is 0.0600. The molecular formula is C12H20O4. The van der Waals surface area contributed by atoms with Crippen LogP contribution in [0.3, 0.4) is 0 Å². The number of esters is 1. The van der Waals surface area contributed by atoms with Crippen molar-refractivity contribution in [2.75, 3.05) is 0 Å². The van der Waals surface area contributed by atoms with E-state index in [1.807, 2.05) is 26.0 Å². The van der Waals surface area contributed by atoms with E-state index in [-0.39, 0.29) is 18.9 Å². The maximum atomic E-state index is 11.3. The number of carbonyl (C=O) groups is 2. The summed E-state index contributed by atoms with van der Waals surface area (Å²) in [6.07, 6.45) is 5.95. The van der Waals surface area contributed by atoms with E-state index < -0.39 is 11.9 Å². The van der Waals surface area contributed by atoms with E-state index in [0.29, 0.717) is 0 Å². The fourth-order valence-corrected chi connectivity index (χ4v) is 1.20. The zero-order chi connectivity index (χ0) is 12.4. The topological polar surface area (TPSA) is 63.6 Å². The molecule has 0 aromatic carbocycles. The summed E-state index contributed by atoms with van der Waals surface area (Å²) in [5, 5.41) is 8.42. The van der Waals surface area contributed by atoms with Gasteiger partial charge in [0.15, 0.2) is 0 Å². The number of rotatable bonds is 8. The molecule has 0 aromatic rings. The Morgan fingerprint density at radius 3 is 2.50 bits per heavy atom. The number of carboxylic acids is 1. The molecule has 0 bridgehead atoms. The Balaban J connectivity index is 4.01. The Labute approximate surface area is 96.3 Å². The minimum Gasteiger partial charge on any atom is -0.481 e. The van der Waals surface area contributed by atoms with Crippen LogP contribution in [0.25, 0.3) is 0 Å². The van der Waals surface area contributed by atoms with E-state index in [0.717, 1.165) is 19.3 Å². The molecule has 0 fully saturated rings. The third-order valence-corrected chi connectivity index (χ3v) is 1.99. The average molecular weight is 228 g/mol. The first-order valence-electron chi connectivity index (χ1n) is 5.68. The number of aliphatic carboxylic acids is 1. The van der Waals surface area contributed by atoms with Crippen molar-refractivity contribution >= 4 is 11.9 Å².